The molecule has 1 fully saturated rings. The summed E-state index contributed by atoms with van der Waals surface area (Å²) in [4.78, 5) is 0. The van der Waals surface area contributed by atoms with Gasteiger partial charge in [-0.15, -0.1) is 0 Å². The molecule has 0 saturated heterocycles. The van der Waals surface area contributed by atoms with Gasteiger partial charge in [-0.05, 0) is 68.2 Å². The first-order valence-corrected chi connectivity index (χ1v) is 7.45. The van der Waals surface area contributed by atoms with E-state index in [0.29, 0.717) is 12.1 Å². The van der Waals surface area contributed by atoms with Gasteiger partial charge in [0.2, 0.25) is 0 Å². The van der Waals surface area contributed by atoms with Gasteiger partial charge in [-0.3, -0.25) is 0 Å². The van der Waals surface area contributed by atoms with Crippen molar-refractivity contribution in [3.8, 4) is 0 Å². The maximum absolute atomic E-state index is 13.3. The molecule has 2 aliphatic rings. The van der Waals surface area contributed by atoms with Gasteiger partial charge >= 0.3 is 0 Å². The minimum atomic E-state index is -0.125. The summed E-state index contributed by atoms with van der Waals surface area (Å²) in [6.45, 7) is 0. The number of rotatable bonds is 2. The minimum Gasteiger partial charge on any atom is -0.393 e. The van der Waals surface area contributed by atoms with Crippen molar-refractivity contribution in [1.29, 1.82) is 0 Å². The van der Waals surface area contributed by atoms with Crippen LogP contribution in [0.2, 0.25) is 0 Å². The molecule has 104 valence electrons. The van der Waals surface area contributed by atoms with Gasteiger partial charge in [-0.1, -0.05) is 6.07 Å². The molecule has 0 amide bonds. The highest BCUT2D eigenvalue weighted by atomic mass is 19.1. The molecule has 19 heavy (non-hydrogen) atoms. The molecule has 3 heteroatoms. The van der Waals surface area contributed by atoms with Gasteiger partial charge in [0.1, 0.15) is 5.82 Å². The zero-order valence-electron chi connectivity index (χ0n) is 11.2. The van der Waals surface area contributed by atoms with Crippen LogP contribution < -0.4 is 5.32 Å². The van der Waals surface area contributed by atoms with Gasteiger partial charge in [0, 0.05) is 12.1 Å². The lowest BCUT2D eigenvalue weighted by molar-refractivity contribution is 0.113. The molecule has 0 aromatic heterocycles. The molecule has 0 aliphatic heterocycles. The van der Waals surface area contributed by atoms with E-state index in [-0.39, 0.29) is 11.9 Å². The van der Waals surface area contributed by atoms with Crippen LogP contribution in [0.25, 0.3) is 0 Å². The lowest BCUT2D eigenvalue weighted by Crippen LogP contribution is -2.38. The predicted octanol–water partition coefficient (Wildman–Crippen LogP) is 3.10. The molecule has 1 aromatic carbocycles. The largest absolute Gasteiger partial charge is 0.393 e. The van der Waals surface area contributed by atoms with E-state index in [1.807, 2.05) is 6.07 Å². The Morgan fingerprint density at radius 2 is 1.89 bits per heavy atom. The van der Waals surface area contributed by atoms with Crippen molar-refractivity contribution in [2.24, 2.45) is 0 Å². The molecule has 0 radical (unpaired) electrons. The summed E-state index contributed by atoms with van der Waals surface area (Å²) in [6, 6.07) is 6.07. The SMILES string of the molecule is OC1CCC(NC2CCCc3cc(F)ccc32)CC1. The molecular weight excluding hydrogens is 241 g/mol. The van der Waals surface area contributed by atoms with Crippen LogP contribution in [0.15, 0.2) is 18.2 Å². The average Bonchev–Trinajstić information content (AvgIpc) is 2.41. The summed E-state index contributed by atoms with van der Waals surface area (Å²) < 4.78 is 13.3. The van der Waals surface area contributed by atoms with E-state index in [2.05, 4.69) is 5.32 Å². The molecule has 1 atom stereocenters. The molecule has 0 bridgehead atoms. The highest BCUT2D eigenvalue weighted by molar-refractivity contribution is 5.33. The molecule has 0 spiro atoms. The van der Waals surface area contributed by atoms with Crippen LogP contribution in [0.1, 0.15) is 55.7 Å². The number of halogens is 1. The van der Waals surface area contributed by atoms with Crippen molar-refractivity contribution in [3.63, 3.8) is 0 Å². The monoisotopic (exact) mass is 263 g/mol. The standard InChI is InChI=1S/C16H22FNO/c17-12-4-9-15-11(10-12)2-1-3-16(15)18-13-5-7-14(19)8-6-13/h4,9-10,13-14,16,18-19H,1-3,5-8H2. The molecule has 1 aromatic rings. The fourth-order valence-electron chi connectivity index (χ4n) is 3.48. The molecule has 1 unspecified atom stereocenters. The highest BCUT2D eigenvalue weighted by Gasteiger charge is 2.25. The fourth-order valence-corrected chi connectivity index (χ4v) is 3.48. The normalized spacial score (nSPS) is 30.9. The first-order valence-electron chi connectivity index (χ1n) is 7.45. The third-order valence-corrected chi connectivity index (χ3v) is 4.55. The molecule has 3 rings (SSSR count). The number of benzene rings is 1. The lowest BCUT2D eigenvalue weighted by atomic mass is 9.85. The van der Waals surface area contributed by atoms with Crippen LogP contribution in [-0.2, 0) is 6.42 Å². The second-order valence-electron chi connectivity index (χ2n) is 5.96. The van der Waals surface area contributed by atoms with E-state index in [4.69, 9.17) is 0 Å². The molecule has 2 nitrogen and oxygen atoms in total. The first kappa shape index (κ1) is 13.1. The Morgan fingerprint density at radius 3 is 2.68 bits per heavy atom. The zero-order chi connectivity index (χ0) is 13.2. The summed E-state index contributed by atoms with van der Waals surface area (Å²) in [5, 5.41) is 13.3. The lowest BCUT2D eigenvalue weighted by Gasteiger charge is -2.33. The average molecular weight is 263 g/mol. The van der Waals surface area contributed by atoms with E-state index in [1.165, 1.54) is 11.1 Å². The highest BCUT2D eigenvalue weighted by Crippen LogP contribution is 2.32. The minimum absolute atomic E-state index is 0.106. The Kier molecular flexibility index (Phi) is 3.85. The van der Waals surface area contributed by atoms with Crippen LogP contribution in [-0.4, -0.2) is 17.3 Å². The Bertz CT molecular complexity index is 440. The second-order valence-corrected chi connectivity index (χ2v) is 5.96. The smallest absolute Gasteiger partial charge is 0.123 e. The number of aliphatic hydroxyl groups is 1. The van der Waals surface area contributed by atoms with Crippen LogP contribution in [0.4, 0.5) is 4.39 Å². The van der Waals surface area contributed by atoms with Crippen LogP contribution >= 0.6 is 0 Å². The number of fused-ring (bicyclic) bond motifs is 1. The van der Waals surface area contributed by atoms with Gasteiger partial charge in [0.05, 0.1) is 6.10 Å². The molecule has 2 aliphatic carbocycles. The van der Waals surface area contributed by atoms with Gasteiger partial charge in [-0.25, -0.2) is 4.39 Å². The van der Waals surface area contributed by atoms with Crippen molar-refractivity contribution in [1.82, 2.24) is 5.32 Å². The fraction of sp³-hybridized carbons (Fsp3) is 0.625. The maximum Gasteiger partial charge on any atom is 0.123 e. The van der Waals surface area contributed by atoms with Crippen molar-refractivity contribution >= 4 is 0 Å². The summed E-state index contributed by atoms with van der Waals surface area (Å²) >= 11 is 0. The Morgan fingerprint density at radius 1 is 1.11 bits per heavy atom. The van der Waals surface area contributed by atoms with E-state index >= 15 is 0 Å². The molecular formula is C16H22FNO. The number of hydrogen-bond donors (Lipinski definition) is 2. The summed E-state index contributed by atoms with van der Waals surface area (Å²) in [7, 11) is 0. The van der Waals surface area contributed by atoms with Crippen LogP contribution in [0, 0.1) is 5.82 Å². The quantitative estimate of drug-likeness (QED) is 0.859. The Balaban J connectivity index is 1.70. The number of nitrogens with one attached hydrogen (secondary N) is 1. The van der Waals surface area contributed by atoms with Crippen molar-refractivity contribution in [3.05, 3.63) is 35.1 Å². The topological polar surface area (TPSA) is 32.3 Å². The van der Waals surface area contributed by atoms with Gasteiger partial charge in [0.15, 0.2) is 0 Å². The van der Waals surface area contributed by atoms with Gasteiger partial charge in [-0.2, -0.15) is 0 Å². The van der Waals surface area contributed by atoms with E-state index in [0.717, 1.165) is 44.9 Å². The predicted molar refractivity (Wildman–Crippen MR) is 73.5 cm³/mol. The van der Waals surface area contributed by atoms with Gasteiger partial charge < -0.3 is 10.4 Å². The maximum atomic E-state index is 13.3. The first-order chi connectivity index (χ1) is 9.22. The molecule has 0 heterocycles. The van der Waals surface area contributed by atoms with Crippen molar-refractivity contribution < 1.29 is 9.50 Å². The van der Waals surface area contributed by atoms with Crippen LogP contribution in [0.3, 0.4) is 0 Å². The Labute approximate surface area is 114 Å². The number of hydrogen-bond acceptors (Lipinski definition) is 2. The van der Waals surface area contributed by atoms with Crippen molar-refractivity contribution in [2.45, 2.75) is 63.1 Å². The molecule has 1 saturated carbocycles. The number of aryl methyl sites for hydroxylation is 1. The summed E-state index contributed by atoms with van der Waals surface area (Å²) in [5.74, 6) is -0.125. The van der Waals surface area contributed by atoms with E-state index in [9.17, 15) is 9.50 Å². The summed E-state index contributed by atoms with van der Waals surface area (Å²) in [6.07, 6.45) is 7.06. The second kappa shape index (κ2) is 5.59. The zero-order valence-corrected chi connectivity index (χ0v) is 11.2. The van der Waals surface area contributed by atoms with E-state index in [1.54, 1.807) is 12.1 Å². The summed E-state index contributed by atoms with van der Waals surface area (Å²) in [5.41, 5.74) is 2.44. The third-order valence-electron chi connectivity index (χ3n) is 4.55. The molecule has 2 N–H and O–H groups in total. The van der Waals surface area contributed by atoms with Gasteiger partial charge in [0.25, 0.3) is 0 Å². The van der Waals surface area contributed by atoms with E-state index < -0.39 is 0 Å². The van der Waals surface area contributed by atoms with Crippen molar-refractivity contribution in [2.75, 3.05) is 0 Å². The van der Waals surface area contributed by atoms with Crippen LogP contribution in [0.5, 0.6) is 0 Å². The third kappa shape index (κ3) is 2.98. The number of aliphatic hydroxyl groups excluding tert-OH is 1. The Hall–Kier alpha value is -0.930.